The highest BCUT2D eigenvalue weighted by Gasteiger charge is 2.28. The summed E-state index contributed by atoms with van der Waals surface area (Å²) in [6.07, 6.45) is 0.161. The number of ether oxygens (including phenoxy) is 1. The lowest BCUT2D eigenvalue weighted by Gasteiger charge is -2.20. The zero-order valence-corrected chi connectivity index (χ0v) is 19.7. The highest BCUT2D eigenvalue weighted by atomic mass is 32.2. The second kappa shape index (κ2) is 9.43. The fourth-order valence-corrected chi connectivity index (χ4v) is 5.18. The van der Waals surface area contributed by atoms with Crippen molar-refractivity contribution in [2.24, 2.45) is 0 Å². The lowest BCUT2D eigenvalue weighted by atomic mass is 9.90. The van der Waals surface area contributed by atoms with Crippen molar-refractivity contribution < 1.29 is 27.1 Å². The zero-order valence-electron chi connectivity index (χ0n) is 18.9. The smallest absolute Gasteiger partial charge is 0.264 e. The number of carbonyl (C=O) groups excluding carboxylic acids is 2. The number of fused-ring (bicyclic) bond motifs is 2. The number of carbonyl (C=O) groups is 2. The molecule has 2 amide bonds. The summed E-state index contributed by atoms with van der Waals surface area (Å²) in [4.78, 5) is 24.8. The molecule has 0 saturated heterocycles. The largest absolute Gasteiger partial charge is 0.482 e. The van der Waals surface area contributed by atoms with E-state index < -0.39 is 33.6 Å². The van der Waals surface area contributed by atoms with Crippen LogP contribution in [0.25, 0.3) is 10.8 Å². The van der Waals surface area contributed by atoms with Gasteiger partial charge in [-0.15, -0.1) is 0 Å². The molecule has 4 aromatic carbocycles. The van der Waals surface area contributed by atoms with E-state index >= 15 is 0 Å². The van der Waals surface area contributed by atoms with Crippen molar-refractivity contribution >= 4 is 38.3 Å². The third kappa shape index (κ3) is 4.92. The first-order chi connectivity index (χ1) is 17.3. The molecule has 5 rings (SSSR count). The van der Waals surface area contributed by atoms with Crippen LogP contribution in [0.1, 0.15) is 17.0 Å². The average molecular weight is 505 g/mol. The predicted molar refractivity (Wildman–Crippen MR) is 133 cm³/mol. The maximum Gasteiger partial charge on any atom is 0.264 e. The number of hydrogen-bond acceptors (Lipinski definition) is 5. The Morgan fingerprint density at radius 3 is 2.50 bits per heavy atom. The van der Waals surface area contributed by atoms with E-state index in [1.54, 1.807) is 18.2 Å². The Labute approximate surface area is 207 Å². The summed E-state index contributed by atoms with van der Waals surface area (Å²) in [5.74, 6) is -2.07. The van der Waals surface area contributed by atoms with Crippen molar-refractivity contribution in [3.8, 4) is 5.75 Å². The molecule has 0 saturated carbocycles. The Morgan fingerprint density at radius 2 is 1.72 bits per heavy atom. The molecule has 1 aliphatic rings. The van der Waals surface area contributed by atoms with Crippen LogP contribution in [0.4, 0.5) is 10.1 Å². The summed E-state index contributed by atoms with van der Waals surface area (Å²) in [7, 11) is -4.27. The van der Waals surface area contributed by atoms with Gasteiger partial charge in [-0.2, -0.15) is 0 Å². The van der Waals surface area contributed by atoms with E-state index in [2.05, 4.69) is 10.0 Å². The third-order valence-corrected chi connectivity index (χ3v) is 7.32. The Bertz CT molecular complexity index is 1590. The molecule has 9 heteroatoms. The summed E-state index contributed by atoms with van der Waals surface area (Å²) in [5, 5.41) is 4.44. The number of rotatable bonds is 6. The van der Waals surface area contributed by atoms with Gasteiger partial charge in [0.25, 0.3) is 15.9 Å². The van der Waals surface area contributed by atoms with Crippen LogP contribution in [0.5, 0.6) is 5.75 Å². The van der Waals surface area contributed by atoms with Gasteiger partial charge in [-0.1, -0.05) is 54.6 Å². The normalized spacial score (nSPS) is 13.9. The number of benzene rings is 4. The summed E-state index contributed by atoms with van der Waals surface area (Å²) >= 11 is 0. The molecule has 0 spiro atoms. The van der Waals surface area contributed by atoms with E-state index in [0.29, 0.717) is 16.9 Å². The van der Waals surface area contributed by atoms with Crippen molar-refractivity contribution in [3.05, 3.63) is 102 Å². The maximum absolute atomic E-state index is 13.4. The molecule has 1 unspecified atom stereocenters. The monoisotopic (exact) mass is 504 g/mol. The number of amides is 2. The van der Waals surface area contributed by atoms with Gasteiger partial charge in [0.15, 0.2) is 6.61 Å². The van der Waals surface area contributed by atoms with Gasteiger partial charge in [0.1, 0.15) is 11.6 Å². The first-order valence-electron chi connectivity index (χ1n) is 11.1. The number of hydrogen-bond donors (Lipinski definition) is 2. The van der Waals surface area contributed by atoms with Crippen LogP contribution < -0.4 is 14.8 Å². The molecule has 0 radical (unpaired) electrons. The first-order valence-corrected chi connectivity index (χ1v) is 12.6. The third-order valence-electron chi connectivity index (χ3n) is 5.97. The minimum atomic E-state index is -4.27. The van der Waals surface area contributed by atoms with Crippen LogP contribution in [-0.4, -0.2) is 26.8 Å². The molecule has 0 aliphatic carbocycles. The first kappa shape index (κ1) is 23.5. The average Bonchev–Trinajstić information content (AvgIpc) is 2.87. The molecule has 7 nitrogen and oxygen atoms in total. The second-order valence-electron chi connectivity index (χ2n) is 8.45. The molecule has 4 aromatic rings. The lowest BCUT2D eigenvalue weighted by Crippen LogP contribution is -2.35. The van der Waals surface area contributed by atoms with Gasteiger partial charge in [0.2, 0.25) is 5.91 Å². The van der Waals surface area contributed by atoms with Crippen molar-refractivity contribution in [2.45, 2.75) is 17.2 Å². The fraction of sp³-hybridized carbons (Fsp3) is 0.111. The van der Waals surface area contributed by atoms with Crippen molar-refractivity contribution in [1.82, 2.24) is 4.72 Å². The SMILES string of the molecule is O=C1COc2ccc(S(=O)(=O)NC(=O)C(Cc3ccc(F)cc3)c3ccc4ccccc4c3)cc2N1. The van der Waals surface area contributed by atoms with Gasteiger partial charge in [-0.05, 0) is 58.7 Å². The van der Waals surface area contributed by atoms with Crippen LogP contribution in [0.3, 0.4) is 0 Å². The molecular weight excluding hydrogens is 483 g/mol. The molecule has 0 fully saturated rings. The van der Waals surface area contributed by atoms with Gasteiger partial charge in [0.05, 0.1) is 16.5 Å². The predicted octanol–water partition coefficient (Wildman–Crippen LogP) is 4.14. The van der Waals surface area contributed by atoms with Crippen molar-refractivity contribution in [3.63, 3.8) is 0 Å². The highest BCUT2D eigenvalue weighted by Crippen LogP contribution is 2.31. The molecule has 2 N–H and O–H groups in total. The molecule has 0 aromatic heterocycles. The molecule has 1 atom stereocenters. The lowest BCUT2D eigenvalue weighted by molar-refractivity contribution is -0.121. The van der Waals surface area contributed by atoms with Gasteiger partial charge >= 0.3 is 0 Å². The van der Waals surface area contributed by atoms with Crippen LogP contribution in [-0.2, 0) is 26.0 Å². The Morgan fingerprint density at radius 1 is 0.972 bits per heavy atom. The van der Waals surface area contributed by atoms with Gasteiger partial charge in [-0.25, -0.2) is 17.5 Å². The molecular formula is C27H21FN2O5S. The molecule has 182 valence electrons. The second-order valence-corrected chi connectivity index (χ2v) is 10.1. The minimum Gasteiger partial charge on any atom is -0.482 e. The van der Waals surface area contributed by atoms with E-state index in [-0.39, 0.29) is 23.6 Å². The van der Waals surface area contributed by atoms with E-state index in [4.69, 9.17) is 4.74 Å². The molecule has 0 bridgehead atoms. The summed E-state index contributed by atoms with van der Waals surface area (Å²) in [6, 6.07) is 22.8. The standard InChI is InChI=1S/C27H21FN2O5S/c28-21-9-5-17(6-10-21)13-23(20-8-7-18-3-1-2-4-19(18)14-20)27(32)30-36(33,34)22-11-12-25-24(15-22)29-26(31)16-35-25/h1-12,14-15,23H,13,16H2,(H,29,31)(H,30,32). The van der Waals surface area contributed by atoms with E-state index in [0.717, 1.165) is 10.8 Å². The number of nitrogens with one attached hydrogen (secondary N) is 2. The number of halogens is 1. The summed E-state index contributed by atoms with van der Waals surface area (Å²) in [5.41, 5.74) is 1.51. The number of sulfonamides is 1. The molecule has 1 heterocycles. The summed E-state index contributed by atoms with van der Waals surface area (Å²) < 4.78 is 47.1. The Kier molecular flexibility index (Phi) is 6.15. The Hall–Kier alpha value is -4.24. The minimum absolute atomic E-state index is 0.160. The maximum atomic E-state index is 13.4. The van der Waals surface area contributed by atoms with Gasteiger partial charge < -0.3 is 10.1 Å². The van der Waals surface area contributed by atoms with Crippen LogP contribution >= 0.6 is 0 Å². The van der Waals surface area contributed by atoms with Gasteiger partial charge in [-0.3, -0.25) is 9.59 Å². The van der Waals surface area contributed by atoms with Crippen molar-refractivity contribution in [2.75, 3.05) is 11.9 Å². The fourth-order valence-electron chi connectivity index (χ4n) is 4.13. The van der Waals surface area contributed by atoms with Crippen molar-refractivity contribution in [1.29, 1.82) is 0 Å². The van der Waals surface area contributed by atoms with Crippen LogP contribution in [0.2, 0.25) is 0 Å². The molecule has 36 heavy (non-hydrogen) atoms. The Balaban J connectivity index is 1.47. The highest BCUT2D eigenvalue weighted by molar-refractivity contribution is 7.90. The zero-order chi connectivity index (χ0) is 25.3. The van der Waals surface area contributed by atoms with Crippen LogP contribution in [0, 0.1) is 5.82 Å². The van der Waals surface area contributed by atoms with Gasteiger partial charge in [0, 0.05) is 0 Å². The number of anilines is 1. The van der Waals surface area contributed by atoms with E-state index in [1.807, 2.05) is 36.4 Å². The topological polar surface area (TPSA) is 102 Å². The summed E-state index contributed by atoms with van der Waals surface area (Å²) in [6.45, 7) is -0.160. The van der Waals surface area contributed by atoms with E-state index in [1.165, 1.54) is 30.3 Å². The quantitative estimate of drug-likeness (QED) is 0.411. The molecule has 1 aliphatic heterocycles. The van der Waals surface area contributed by atoms with E-state index in [9.17, 15) is 22.4 Å². The van der Waals surface area contributed by atoms with Crippen LogP contribution in [0.15, 0.2) is 89.8 Å².